The van der Waals surface area contributed by atoms with Crippen LogP contribution in [0.25, 0.3) is 10.8 Å². The number of amides is 2. The van der Waals surface area contributed by atoms with Crippen LogP contribution >= 0.6 is 34.5 Å². The summed E-state index contributed by atoms with van der Waals surface area (Å²) < 4.78 is 33.0. The van der Waals surface area contributed by atoms with Gasteiger partial charge in [-0.2, -0.15) is 4.31 Å². The lowest BCUT2D eigenvalue weighted by Gasteiger charge is -2.30. The van der Waals surface area contributed by atoms with Crippen molar-refractivity contribution in [3.05, 3.63) is 51.3 Å². The number of rotatable bonds is 8. The second kappa shape index (κ2) is 10.5. The zero-order chi connectivity index (χ0) is 26.3. The van der Waals surface area contributed by atoms with E-state index in [1.807, 2.05) is 12.1 Å². The summed E-state index contributed by atoms with van der Waals surface area (Å²) in [5, 5.41) is 4.77. The Morgan fingerprint density at radius 2 is 2.05 bits per heavy atom. The number of anilines is 2. The predicted molar refractivity (Wildman–Crippen MR) is 147 cm³/mol. The number of hydrogen-bond acceptors (Lipinski definition) is 6. The van der Waals surface area contributed by atoms with Crippen LogP contribution in [0.5, 0.6) is 0 Å². The monoisotopic (exact) mass is 581 g/mol. The van der Waals surface area contributed by atoms with Crippen molar-refractivity contribution >= 4 is 78.5 Å². The van der Waals surface area contributed by atoms with Crippen molar-refractivity contribution in [3.63, 3.8) is 0 Å². The minimum Gasteiger partial charge on any atom is -0.385 e. The molecular weight excluding hydrogens is 557 g/mol. The smallest absolute Gasteiger partial charge is 0.258 e. The van der Waals surface area contributed by atoms with E-state index < -0.39 is 15.9 Å². The molecule has 196 valence electrons. The third kappa shape index (κ3) is 4.86. The number of nitrogens with one attached hydrogen (secondary N) is 1. The van der Waals surface area contributed by atoms with Gasteiger partial charge in [0.1, 0.15) is 8.55 Å². The fraction of sp³-hybridized carbons (Fsp3) is 0.360. The number of sulfonamides is 1. The van der Waals surface area contributed by atoms with Gasteiger partial charge in [0.05, 0.1) is 16.6 Å². The van der Waals surface area contributed by atoms with Crippen molar-refractivity contribution in [1.82, 2.24) is 4.31 Å². The third-order valence-corrected chi connectivity index (χ3v) is 10.9. The normalized spacial score (nSPS) is 18.1. The van der Waals surface area contributed by atoms with E-state index in [1.54, 1.807) is 30.2 Å². The van der Waals surface area contributed by atoms with E-state index in [-0.39, 0.29) is 31.9 Å². The molecule has 1 saturated heterocycles. The molecule has 0 radical (unpaired) electrons. The second-order valence-electron chi connectivity index (χ2n) is 9.04. The van der Waals surface area contributed by atoms with Gasteiger partial charge in [0.25, 0.3) is 15.9 Å². The number of carbonyl (C=O) groups excluding carboxylic acids is 2. The summed E-state index contributed by atoms with van der Waals surface area (Å²) in [6.07, 6.45) is 1.83. The Bertz CT molecular complexity index is 1470. The average Bonchev–Trinajstić information content (AvgIpc) is 3.38. The highest BCUT2D eigenvalue weighted by molar-refractivity contribution is 7.91. The lowest BCUT2D eigenvalue weighted by atomic mass is 9.98. The highest BCUT2D eigenvalue weighted by Crippen LogP contribution is 2.41. The van der Waals surface area contributed by atoms with Crippen LogP contribution in [-0.4, -0.2) is 57.9 Å². The largest absolute Gasteiger partial charge is 0.385 e. The molecule has 1 atom stereocenters. The molecule has 3 heterocycles. The lowest BCUT2D eigenvalue weighted by Crippen LogP contribution is -2.43. The number of carbonyl (C=O) groups is 2. The number of piperidine rings is 1. The molecule has 2 aliphatic rings. The molecule has 2 aliphatic heterocycles. The molecule has 1 aromatic heterocycles. The first kappa shape index (κ1) is 26.4. The van der Waals surface area contributed by atoms with Crippen molar-refractivity contribution in [2.45, 2.75) is 23.5 Å². The molecular formula is C25H25Cl2N3O5S2. The van der Waals surface area contributed by atoms with Crippen LogP contribution in [0, 0.1) is 5.92 Å². The van der Waals surface area contributed by atoms with Gasteiger partial charge in [-0.3, -0.25) is 9.59 Å². The Kier molecular flexibility index (Phi) is 7.50. The van der Waals surface area contributed by atoms with Crippen molar-refractivity contribution in [2.24, 2.45) is 5.92 Å². The molecule has 0 spiro atoms. The maximum Gasteiger partial charge on any atom is 0.258 e. The van der Waals surface area contributed by atoms with Crippen LogP contribution in [0.3, 0.4) is 0 Å². The topological polar surface area (TPSA) is 96.0 Å². The summed E-state index contributed by atoms with van der Waals surface area (Å²) in [7, 11) is -2.18. The van der Waals surface area contributed by atoms with Crippen LogP contribution in [0.4, 0.5) is 11.4 Å². The fourth-order valence-corrected chi connectivity index (χ4v) is 8.49. The molecule has 1 unspecified atom stereocenters. The predicted octanol–water partition coefficient (Wildman–Crippen LogP) is 5.24. The molecule has 8 nitrogen and oxygen atoms in total. The molecule has 0 bridgehead atoms. The number of thiophene rings is 1. The Morgan fingerprint density at radius 1 is 1.24 bits per heavy atom. The number of halogens is 2. The molecule has 2 aromatic carbocycles. The van der Waals surface area contributed by atoms with Crippen molar-refractivity contribution in [1.29, 1.82) is 0 Å². The maximum atomic E-state index is 13.3. The molecule has 12 heteroatoms. The van der Waals surface area contributed by atoms with Crippen LogP contribution in [0.2, 0.25) is 9.36 Å². The maximum absolute atomic E-state index is 13.3. The molecule has 3 aromatic rings. The second-order valence-corrected chi connectivity index (χ2v) is 13.3. The summed E-state index contributed by atoms with van der Waals surface area (Å²) in [4.78, 5) is 28.1. The Hall–Kier alpha value is -2.21. The highest BCUT2D eigenvalue weighted by atomic mass is 35.5. The molecule has 1 N–H and O–H groups in total. The summed E-state index contributed by atoms with van der Waals surface area (Å²) >= 11 is 12.9. The van der Waals surface area contributed by atoms with Crippen LogP contribution in [0.15, 0.2) is 40.6 Å². The van der Waals surface area contributed by atoms with Gasteiger partial charge < -0.3 is 15.0 Å². The van der Waals surface area contributed by atoms with E-state index in [1.165, 1.54) is 10.4 Å². The van der Waals surface area contributed by atoms with Gasteiger partial charge in [0.2, 0.25) is 5.91 Å². The number of nitrogens with zero attached hydrogens (tertiary/aromatic N) is 2. The van der Waals surface area contributed by atoms with E-state index in [4.69, 9.17) is 27.9 Å². The molecule has 1 fully saturated rings. The molecule has 0 aliphatic carbocycles. The first-order chi connectivity index (χ1) is 17.7. The van der Waals surface area contributed by atoms with Gasteiger partial charge in [0, 0.05) is 55.4 Å². The SMILES string of the molecule is COCCCN1C(=O)c2cccc3c(NC(=O)C4CCCN(S(=O)(=O)c5cc(Cl)c(Cl)s5)C4)ccc1c23. The number of hydrogen-bond donors (Lipinski definition) is 1. The van der Waals surface area contributed by atoms with Crippen molar-refractivity contribution < 1.29 is 22.7 Å². The average molecular weight is 583 g/mol. The quantitative estimate of drug-likeness (QED) is 0.367. The highest BCUT2D eigenvalue weighted by Gasteiger charge is 2.35. The summed E-state index contributed by atoms with van der Waals surface area (Å²) in [5.41, 5.74) is 2.01. The molecule has 2 amide bonds. The van der Waals surface area contributed by atoms with Crippen LogP contribution < -0.4 is 10.2 Å². The molecule has 0 saturated carbocycles. The number of ether oxygens (including phenoxy) is 1. The Morgan fingerprint density at radius 3 is 2.78 bits per heavy atom. The van der Waals surface area contributed by atoms with Crippen LogP contribution in [-0.2, 0) is 19.6 Å². The molecule has 5 rings (SSSR count). The summed E-state index contributed by atoms with van der Waals surface area (Å²) in [6, 6.07) is 10.5. The molecule has 37 heavy (non-hydrogen) atoms. The number of methoxy groups -OCH3 is 1. The first-order valence-electron chi connectivity index (χ1n) is 11.8. The Labute approximate surface area is 229 Å². The van der Waals surface area contributed by atoms with E-state index >= 15 is 0 Å². The van der Waals surface area contributed by atoms with Gasteiger partial charge >= 0.3 is 0 Å². The van der Waals surface area contributed by atoms with Crippen molar-refractivity contribution in [2.75, 3.05) is 43.6 Å². The summed E-state index contributed by atoms with van der Waals surface area (Å²) in [6.45, 7) is 1.48. The third-order valence-electron chi connectivity index (χ3n) is 6.74. The van der Waals surface area contributed by atoms with Gasteiger partial charge in [-0.25, -0.2) is 8.42 Å². The Balaban J connectivity index is 1.36. The lowest BCUT2D eigenvalue weighted by molar-refractivity contribution is -0.120. The van der Waals surface area contributed by atoms with E-state index in [2.05, 4.69) is 5.32 Å². The number of benzene rings is 2. The van der Waals surface area contributed by atoms with Gasteiger partial charge in [-0.1, -0.05) is 35.3 Å². The zero-order valence-corrected chi connectivity index (χ0v) is 23.1. The van der Waals surface area contributed by atoms with Gasteiger partial charge in [-0.05, 0) is 43.5 Å². The standard InChI is InChI=1S/C25H25Cl2N3O5S2/c1-35-12-4-11-30-20-9-8-19(16-6-2-7-17(22(16)20)25(30)32)28-24(31)15-5-3-10-29(14-15)37(33,34)21-13-18(26)23(27)36-21/h2,6-9,13,15H,3-5,10-12,14H2,1H3,(H,28,31). The van der Waals surface area contributed by atoms with Gasteiger partial charge in [0.15, 0.2) is 0 Å². The summed E-state index contributed by atoms with van der Waals surface area (Å²) in [5.74, 6) is -0.851. The van der Waals surface area contributed by atoms with Crippen molar-refractivity contribution in [3.8, 4) is 0 Å². The van der Waals surface area contributed by atoms with E-state index in [0.717, 1.165) is 27.8 Å². The fourth-order valence-electron chi connectivity index (χ4n) is 4.93. The van der Waals surface area contributed by atoms with E-state index in [9.17, 15) is 18.0 Å². The van der Waals surface area contributed by atoms with Crippen LogP contribution in [0.1, 0.15) is 29.6 Å². The van der Waals surface area contributed by atoms with E-state index in [0.29, 0.717) is 50.2 Å². The first-order valence-corrected chi connectivity index (χ1v) is 14.9. The van der Waals surface area contributed by atoms with Gasteiger partial charge in [-0.15, -0.1) is 11.3 Å². The minimum absolute atomic E-state index is 0.0638. The minimum atomic E-state index is -3.81. The zero-order valence-electron chi connectivity index (χ0n) is 20.0.